The number of nitrogens with zero attached hydrogens (tertiary/aromatic N) is 4. The van der Waals surface area contributed by atoms with Crippen LogP contribution in [0.25, 0.3) is 38.9 Å². The molecule has 0 fully saturated rings. The molecular weight excluding hydrogens is 444 g/mol. The maximum Gasteiger partial charge on any atom is 0.219 e. The Morgan fingerprint density at radius 3 is 2.39 bits per heavy atom. The molecule has 36 heavy (non-hydrogen) atoms. The summed E-state index contributed by atoms with van der Waals surface area (Å²) in [6.07, 6.45) is 5.54. The van der Waals surface area contributed by atoms with E-state index in [9.17, 15) is 0 Å². The van der Waals surface area contributed by atoms with Gasteiger partial charge in [0.2, 0.25) is 5.88 Å². The van der Waals surface area contributed by atoms with Crippen LogP contribution in [0.3, 0.4) is 0 Å². The molecule has 0 spiro atoms. The summed E-state index contributed by atoms with van der Waals surface area (Å²) >= 11 is 0. The molecule has 5 nitrogen and oxygen atoms in total. The molecule has 2 aromatic carbocycles. The quantitative estimate of drug-likeness (QED) is 0.265. The third kappa shape index (κ3) is 3.99. The maximum absolute atomic E-state index is 6.16. The van der Waals surface area contributed by atoms with Crippen molar-refractivity contribution in [1.29, 1.82) is 0 Å². The van der Waals surface area contributed by atoms with Gasteiger partial charge in [-0.05, 0) is 59.0 Å². The zero-order chi connectivity index (χ0) is 24.7. The van der Waals surface area contributed by atoms with Gasteiger partial charge in [-0.15, -0.1) is 0 Å². The van der Waals surface area contributed by atoms with E-state index in [0.717, 1.165) is 44.6 Å². The molecular formula is C31H26N4O. The molecule has 6 aromatic rings. The molecule has 0 bridgehead atoms. The summed E-state index contributed by atoms with van der Waals surface area (Å²) in [5.74, 6) is 2.18. The Labute approximate surface area is 210 Å². The highest BCUT2D eigenvalue weighted by molar-refractivity contribution is 6.07. The van der Waals surface area contributed by atoms with Gasteiger partial charge in [0.05, 0.1) is 16.6 Å². The predicted octanol–water partition coefficient (Wildman–Crippen LogP) is 7.73. The van der Waals surface area contributed by atoms with Crippen molar-refractivity contribution < 1.29 is 4.74 Å². The van der Waals surface area contributed by atoms with Crippen molar-refractivity contribution in [2.75, 3.05) is 0 Å². The van der Waals surface area contributed by atoms with Crippen molar-refractivity contribution in [2.24, 2.45) is 0 Å². The first kappa shape index (κ1) is 22.0. The molecule has 176 valence electrons. The normalized spacial score (nSPS) is 11.8. The number of rotatable bonds is 4. The molecule has 0 atom stereocenters. The van der Waals surface area contributed by atoms with Crippen LogP contribution < -0.4 is 4.74 Å². The standard InChI is InChI=1S/C31H26N4O/c1-31(2,3)23-14-16-33-29(19-23)36-24-10-8-9-21(17-24)22-18-27-30(34-20-22)25-11-4-5-12-26(25)35(27)28-13-6-7-15-32-28/h4-20H,1-3H3. The fraction of sp³-hybridized carbons (Fsp3) is 0.129. The van der Waals surface area contributed by atoms with Gasteiger partial charge >= 0.3 is 0 Å². The third-order valence-corrected chi connectivity index (χ3v) is 6.38. The molecule has 0 saturated heterocycles. The van der Waals surface area contributed by atoms with Gasteiger partial charge in [-0.2, -0.15) is 0 Å². The first-order valence-corrected chi connectivity index (χ1v) is 12.0. The highest BCUT2D eigenvalue weighted by atomic mass is 16.5. The zero-order valence-corrected chi connectivity index (χ0v) is 20.5. The zero-order valence-electron chi connectivity index (χ0n) is 20.5. The summed E-state index contributed by atoms with van der Waals surface area (Å²) in [4.78, 5) is 13.9. The van der Waals surface area contributed by atoms with Gasteiger partial charge in [-0.1, -0.05) is 57.2 Å². The van der Waals surface area contributed by atoms with E-state index in [-0.39, 0.29) is 5.41 Å². The van der Waals surface area contributed by atoms with Gasteiger partial charge in [0.15, 0.2) is 0 Å². The molecule has 4 aromatic heterocycles. The summed E-state index contributed by atoms with van der Waals surface area (Å²) in [7, 11) is 0. The Balaban J connectivity index is 1.43. The molecule has 0 radical (unpaired) electrons. The van der Waals surface area contributed by atoms with Crippen LogP contribution in [0, 0.1) is 0 Å². The fourth-order valence-corrected chi connectivity index (χ4v) is 4.51. The number of ether oxygens (including phenoxy) is 1. The number of para-hydroxylation sites is 1. The maximum atomic E-state index is 6.16. The third-order valence-electron chi connectivity index (χ3n) is 6.38. The summed E-state index contributed by atoms with van der Waals surface area (Å²) < 4.78 is 8.33. The molecule has 6 rings (SSSR count). The first-order chi connectivity index (χ1) is 17.5. The Morgan fingerprint density at radius 1 is 0.694 bits per heavy atom. The summed E-state index contributed by atoms with van der Waals surface area (Å²) in [5, 5.41) is 1.10. The Morgan fingerprint density at radius 2 is 1.56 bits per heavy atom. The minimum absolute atomic E-state index is 0.0239. The molecule has 0 amide bonds. The SMILES string of the molecule is CC(C)(C)c1ccnc(Oc2cccc(-c3cnc4c5ccccc5n(-c5ccccn5)c4c3)c2)c1. The predicted molar refractivity (Wildman–Crippen MR) is 145 cm³/mol. The number of aromatic nitrogens is 4. The van der Waals surface area contributed by atoms with Gasteiger partial charge in [0.25, 0.3) is 0 Å². The molecule has 4 heterocycles. The van der Waals surface area contributed by atoms with Gasteiger partial charge in [-0.25, -0.2) is 9.97 Å². The number of hydrogen-bond acceptors (Lipinski definition) is 4. The molecule has 0 saturated carbocycles. The summed E-state index contributed by atoms with van der Waals surface area (Å²) in [6.45, 7) is 6.54. The second kappa shape index (κ2) is 8.61. The van der Waals surface area contributed by atoms with E-state index < -0.39 is 0 Å². The minimum atomic E-state index is 0.0239. The molecule has 0 N–H and O–H groups in total. The Kier molecular flexibility index (Phi) is 5.26. The summed E-state index contributed by atoms with van der Waals surface area (Å²) in [5.41, 5.74) is 6.28. The second-order valence-electron chi connectivity index (χ2n) is 9.89. The Hall–Kier alpha value is -4.51. The lowest BCUT2D eigenvalue weighted by atomic mass is 9.88. The van der Waals surface area contributed by atoms with Crippen LogP contribution in [0.15, 0.2) is 104 Å². The van der Waals surface area contributed by atoms with Crippen molar-refractivity contribution >= 4 is 21.9 Å². The van der Waals surface area contributed by atoms with Crippen LogP contribution in [0.2, 0.25) is 0 Å². The van der Waals surface area contributed by atoms with Crippen molar-refractivity contribution in [2.45, 2.75) is 26.2 Å². The van der Waals surface area contributed by atoms with Crippen LogP contribution >= 0.6 is 0 Å². The van der Waals surface area contributed by atoms with Crippen molar-refractivity contribution in [3.8, 4) is 28.6 Å². The van der Waals surface area contributed by atoms with E-state index in [0.29, 0.717) is 5.88 Å². The number of hydrogen-bond donors (Lipinski definition) is 0. The number of fused-ring (bicyclic) bond motifs is 3. The van der Waals surface area contributed by atoms with Gasteiger partial charge in [0.1, 0.15) is 11.6 Å². The van der Waals surface area contributed by atoms with Gasteiger partial charge in [-0.3, -0.25) is 9.55 Å². The van der Waals surface area contributed by atoms with E-state index in [1.165, 1.54) is 5.56 Å². The van der Waals surface area contributed by atoms with Crippen molar-refractivity contribution in [3.05, 3.63) is 109 Å². The molecule has 5 heteroatoms. The van der Waals surface area contributed by atoms with Gasteiger partial charge < -0.3 is 4.74 Å². The lowest BCUT2D eigenvalue weighted by molar-refractivity contribution is 0.459. The number of pyridine rings is 3. The van der Waals surface area contributed by atoms with Crippen molar-refractivity contribution in [1.82, 2.24) is 19.5 Å². The van der Waals surface area contributed by atoms with E-state index in [1.807, 2.05) is 73.1 Å². The smallest absolute Gasteiger partial charge is 0.219 e. The highest BCUT2D eigenvalue weighted by Crippen LogP contribution is 2.34. The molecule has 0 aliphatic carbocycles. The monoisotopic (exact) mass is 470 g/mol. The van der Waals surface area contributed by atoms with Crippen LogP contribution in [-0.4, -0.2) is 19.5 Å². The minimum Gasteiger partial charge on any atom is -0.439 e. The van der Waals surface area contributed by atoms with E-state index in [1.54, 1.807) is 6.20 Å². The fourth-order valence-electron chi connectivity index (χ4n) is 4.51. The average Bonchev–Trinajstić information content (AvgIpc) is 3.23. The lowest BCUT2D eigenvalue weighted by Gasteiger charge is -2.19. The highest BCUT2D eigenvalue weighted by Gasteiger charge is 2.16. The average molecular weight is 471 g/mol. The Bertz CT molecular complexity index is 1700. The van der Waals surface area contributed by atoms with Crippen LogP contribution in [0.4, 0.5) is 0 Å². The van der Waals surface area contributed by atoms with E-state index >= 15 is 0 Å². The molecule has 0 aliphatic rings. The van der Waals surface area contributed by atoms with E-state index in [2.05, 4.69) is 59.6 Å². The largest absolute Gasteiger partial charge is 0.439 e. The molecule has 0 aliphatic heterocycles. The van der Waals surface area contributed by atoms with Crippen LogP contribution in [0.5, 0.6) is 11.6 Å². The number of benzene rings is 2. The van der Waals surface area contributed by atoms with Crippen molar-refractivity contribution in [3.63, 3.8) is 0 Å². The van der Waals surface area contributed by atoms with Gasteiger partial charge in [0, 0.05) is 35.6 Å². The van der Waals surface area contributed by atoms with Crippen LogP contribution in [-0.2, 0) is 5.41 Å². The van der Waals surface area contributed by atoms with E-state index in [4.69, 9.17) is 9.72 Å². The lowest BCUT2D eigenvalue weighted by Crippen LogP contribution is -2.11. The van der Waals surface area contributed by atoms with Crippen LogP contribution in [0.1, 0.15) is 26.3 Å². The first-order valence-electron chi connectivity index (χ1n) is 12.0. The molecule has 0 unspecified atom stereocenters. The second-order valence-corrected chi connectivity index (χ2v) is 9.89. The topological polar surface area (TPSA) is 52.8 Å². The summed E-state index contributed by atoms with van der Waals surface area (Å²) in [6, 6.07) is 28.5.